The number of rotatable bonds is 6. The molecule has 0 saturated carbocycles. The molecular weight excluding hydrogens is 271 g/mol. The first-order chi connectivity index (χ1) is 10.1. The van der Waals surface area contributed by atoms with Crippen LogP contribution in [-0.2, 0) is 11.3 Å². The quantitative estimate of drug-likeness (QED) is 0.889. The highest BCUT2D eigenvalue weighted by Crippen LogP contribution is 2.15. The van der Waals surface area contributed by atoms with Crippen LogP contribution < -0.4 is 5.32 Å². The highest BCUT2D eigenvalue weighted by atomic mass is 19.1. The Labute approximate surface area is 123 Å². The number of halogens is 1. The zero-order valence-electron chi connectivity index (χ0n) is 12.2. The second kappa shape index (κ2) is 7.04. The Hall–Kier alpha value is -2.14. The van der Waals surface area contributed by atoms with Crippen molar-refractivity contribution >= 4 is 5.91 Å². The molecule has 0 fully saturated rings. The van der Waals surface area contributed by atoms with E-state index in [1.165, 1.54) is 6.07 Å². The van der Waals surface area contributed by atoms with Gasteiger partial charge < -0.3 is 14.6 Å². The van der Waals surface area contributed by atoms with Crippen molar-refractivity contribution in [2.75, 3.05) is 13.6 Å². The molecule has 1 N–H and O–H groups in total. The van der Waals surface area contributed by atoms with E-state index in [0.29, 0.717) is 12.1 Å². The maximum absolute atomic E-state index is 13.6. The smallest absolute Gasteiger partial charge is 0.236 e. The van der Waals surface area contributed by atoms with E-state index in [2.05, 4.69) is 5.32 Å². The summed E-state index contributed by atoms with van der Waals surface area (Å²) in [5, 5.41) is 3.04. The van der Waals surface area contributed by atoms with E-state index in [1.54, 1.807) is 42.5 Å². The third kappa shape index (κ3) is 4.16. The lowest BCUT2D eigenvalue weighted by Gasteiger charge is -2.19. The van der Waals surface area contributed by atoms with Crippen LogP contribution in [0.25, 0.3) is 0 Å². The van der Waals surface area contributed by atoms with E-state index in [0.717, 1.165) is 5.76 Å². The van der Waals surface area contributed by atoms with Crippen molar-refractivity contribution < 1.29 is 13.6 Å². The molecule has 2 aromatic rings. The van der Waals surface area contributed by atoms with Crippen molar-refractivity contribution in [1.29, 1.82) is 0 Å². The monoisotopic (exact) mass is 290 g/mol. The second-order valence-electron chi connectivity index (χ2n) is 4.95. The average Bonchev–Trinajstić information content (AvgIpc) is 2.97. The first-order valence-corrected chi connectivity index (χ1v) is 6.82. The summed E-state index contributed by atoms with van der Waals surface area (Å²) in [5.74, 6) is 0.386. The molecule has 1 atom stereocenters. The molecule has 4 nitrogen and oxygen atoms in total. The van der Waals surface area contributed by atoms with Gasteiger partial charge in [0, 0.05) is 18.7 Å². The number of amides is 1. The summed E-state index contributed by atoms with van der Waals surface area (Å²) in [7, 11) is 1.71. The Balaban J connectivity index is 1.84. The maximum atomic E-state index is 13.6. The predicted octanol–water partition coefficient (Wildman–Crippen LogP) is 2.73. The average molecular weight is 290 g/mol. The summed E-state index contributed by atoms with van der Waals surface area (Å²) < 4.78 is 18.8. The molecule has 0 bridgehead atoms. The summed E-state index contributed by atoms with van der Waals surface area (Å²) in [6.07, 6.45) is 1.58. The van der Waals surface area contributed by atoms with Gasteiger partial charge in [0.1, 0.15) is 11.6 Å². The summed E-state index contributed by atoms with van der Waals surface area (Å²) in [6.45, 7) is 2.40. The van der Waals surface area contributed by atoms with Crippen LogP contribution in [0.3, 0.4) is 0 Å². The number of carbonyl (C=O) groups is 1. The maximum Gasteiger partial charge on any atom is 0.236 e. The molecule has 0 radical (unpaired) electrons. The fourth-order valence-electron chi connectivity index (χ4n) is 2.04. The van der Waals surface area contributed by atoms with Crippen LogP contribution in [0.5, 0.6) is 0 Å². The summed E-state index contributed by atoms with van der Waals surface area (Å²) in [4.78, 5) is 13.6. The molecule has 0 saturated heterocycles. The van der Waals surface area contributed by atoms with Crippen LogP contribution in [-0.4, -0.2) is 24.4 Å². The van der Waals surface area contributed by atoms with Gasteiger partial charge in [0.2, 0.25) is 5.91 Å². The molecule has 0 spiro atoms. The molecule has 21 heavy (non-hydrogen) atoms. The van der Waals surface area contributed by atoms with Gasteiger partial charge in [0.25, 0.3) is 0 Å². The Morgan fingerprint density at radius 1 is 1.33 bits per heavy atom. The first-order valence-electron chi connectivity index (χ1n) is 6.82. The van der Waals surface area contributed by atoms with E-state index < -0.39 is 0 Å². The normalized spacial score (nSPS) is 12.1. The molecular formula is C16H19FN2O2. The van der Waals surface area contributed by atoms with Gasteiger partial charge in [-0.25, -0.2) is 4.39 Å². The van der Waals surface area contributed by atoms with E-state index in [9.17, 15) is 9.18 Å². The zero-order chi connectivity index (χ0) is 15.2. The van der Waals surface area contributed by atoms with Gasteiger partial charge in [-0.2, -0.15) is 0 Å². The molecule has 0 aliphatic heterocycles. The van der Waals surface area contributed by atoms with Gasteiger partial charge in [0.05, 0.1) is 19.4 Å². The molecule has 1 amide bonds. The lowest BCUT2D eigenvalue weighted by Crippen LogP contribution is -2.36. The summed E-state index contributed by atoms with van der Waals surface area (Å²) >= 11 is 0. The number of likely N-dealkylation sites (N-methyl/N-ethyl adjacent to an activating group) is 1. The fraction of sp³-hybridized carbons (Fsp3) is 0.312. The third-order valence-corrected chi connectivity index (χ3v) is 3.33. The summed E-state index contributed by atoms with van der Waals surface area (Å²) in [5.41, 5.74) is 0.555. The van der Waals surface area contributed by atoms with Crippen molar-refractivity contribution in [3.63, 3.8) is 0 Å². The lowest BCUT2D eigenvalue weighted by atomic mass is 10.1. The van der Waals surface area contributed by atoms with Gasteiger partial charge >= 0.3 is 0 Å². The van der Waals surface area contributed by atoms with Crippen molar-refractivity contribution in [2.45, 2.75) is 19.5 Å². The molecule has 1 heterocycles. The molecule has 0 aliphatic carbocycles. The van der Waals surface area contributed by atoms with Gasteiger partial charge in [0.15, 0.2) is 0 Å². The molecule has 2 rings (SSSR count). The van der Waals surface area contributed by atoms with E-state index >= 15 is 0 Å². The number of hydrogen-bond donors (Lipinski definition) is 1. The van der Waals surface area contributed by atoms with E-state index in [4.69, 9.17) is 4.42 Å². The van der Waals surface area contributed by atoms with Crippen molar-refractivity contribution in [1.82, 2.24) is 10.2 Å². The van der Waals surface area contributed by atoms with Gasteiger partial charge in [-0.15, -0.1) is 0 Å². The number of furan rings is 1. The van der Waals surface area contributed by atoms with Gasteiger partial charge in [-0.3, -0.25) is 4.79 Å². The van der Waals surface area contributed by atoms with Crippen molar-refractivity contribution in [2.24, 2.45) is 0 Å². The third-order valence-electron chi connectivity index (χ3n) is 3.33. The van der Waals surface area contributed by atoms with Gasteiger partial charge in [-0.1, -0.05) is 18.2 Å². The lowest BCUT2D eigenvalue weighted by molar-refractivity contribution is -0.129. The van der Waals surface area contributed by atoms with Crippen LogP contribution in [0.2, 0.25) is 0 Å². The predicted molar refractivity (Wildman–Crippen MR) is 78.0 cm³/mol. The van der Waals surface area contributed by atoms with Crippen LogP contribution in [0.4, 0.5) is 4.39 Å². The van der Waals surface area contributed by atoms with Crippen LogP contribution >= 0.6 is 0 Å². The second-order valence-corrected chi connectivity index (χ2v) is 4.95. The molecule has 1 aromatic carbocycles. The van der Waals surface area contributed by atoms with Crippen molar-refractivity contribution in [3.05, 3.63) is 59.8 Å². The number of hydrogen-bond acceptors (Lipinski definition) is 3. The SMILES string of the molecule is CC(NCC(=O)N(C)Cc1ccco1)c1ccccc1F. The van der Waals surface area contributed by atoms with E-state index in [-0.39, 0.29) is 24.3 Å². The molecule has 1 aromatic heterocycles. The first kappa shape index (κ1) is 15.3. The summed E-state index contributed by atoms with van der Waals surface area (Å²) in [6, 6.07) is 9.93. The largest absolute Gasteiger partial charge is 0.467 e. The fourth-order valence-corrected chi connectivity index (χ4v) is 2.04. The molecule has 1 unspecified atom stereocenters. The number of carbonyl (C=O) groups excluding carboxylic acids is 1. The number of nitrogens with one attached hydrogen (secondary N) is 1. The number of nitrogens with zero attached hydrogens (tertiary/aromatic N) is 1. The van der Waals surface area contributed by atoms with Crippen LogP contribution in [0, 0.1) is 5.82 Å². The Kier molecular flexibility index (Phi) is 5.11. The highest BCUT2D eigenvalue weighted by Gasteiger charge is 2.14. The topological polar surface area (TPSA) is 45.5 Å². The van der Waals surface area contributed by atoms with Crippen LogP contribution in [0.15, 0.2) is 47.1 Å². The minimum absolute atomic E-state index is 0.0745. The molecule has 0 aliphatic rings. The Morgan fingerprint density at radius 3 is 2.76 bits per heavy atom. The Morgan fingerprint density at radius 2 is 2.10 bits per heavy atom. The molecule has 5 heteroatoms. The Bertz CT molecular complexity index is 584. The minimum atomic E-state index is -0.270. The molecule has 112 valence electrons. The highest BCUT2D eigenvalue weighted by molar-refractivity contribution is 5.77. The van der Waals surface area contributed by atoms with Gasteiger partial charge in [-0.05, 0) is 25.1 Å². The zero-order valence-corrected chi connectivity index (χ0v) is 12.2. The van der Waals surface area contributed by atoms with E-state index in [1.807, 2.05) is 13.0 Å². The van der Waals surface area contributed by atoms with Crippen LogP contribution in [0.1, 0.15) is 24.3 Å². The number of benzene rings is 1. The standard InChI is InChI=1S/C16H19FN2O2/c1-12(14-7-3-4-8-15(14)17)18-10-16(20)19(2)11-13-6-5-9-21-13/h3-9,12,18H,10-11H2,1-2H3. The van der Waals surface area contributed by atoms with Crippen molar-refractivity contribution in [3.8, 4) is 0 Å². The minimum Gasteiger partial charge on any atom is -0.467 e.